The minimum Gasteiger partial charge on any atom is -0.508 e. The van der Waals surface area contributed by atoms with Gasteiger partial charge in [0.25, 0.3) is 0 Å². The molecule has 0 radical (unpaired) electrons. The van der Waals surface area contributed by atoms with Crippen molar-refractivity contribution in [3.63, 3.8) is 0 Å². The molecule has 3 aromatic carbocycles. The predicted octanol–water partition coefficient (Wildman–Crippen LogP) is 6.80. The molecule has 1 N–H and O–H groups in total. The first kappa shape index (κ1) is 22.4. The third-order valence-corrected chi connectivity index (χ3v) is 5.03. The summed E-state index contributed by atoms with van der Waals surface area (Å²) in [4.78, 5) is 14.2. The Morgan fingerprint density at radius 1 is 0.935 bits per heavy atom. The van der Waals surface area contributed by atoms with Gasteiger partial charge in [-0.25, -0.2) is 0 Å². The summed E-state index contributed by atoms with van der Waals surface area (Å²) in [5.74, 6) is -0.0218. The van der Waals surface area contributed by atoms with Gasteiger partial charge in [0.05, 0.1) is 12.1 Å². The molecule has 0 aliphatic rings. The van der Waals surface area contributed by atoms with E-state index in [1.165, 1.54) is 17.0 Å². The minimum absolute atomic E-state index is 0.180. The van der Waals surface area contributed by atoms with Crippen molar-refractivity contribution in [2.45, 2.75) is 38.9 Å². The molecule has 0 aliphatic heterocycles. The van der Waals surface area contributed by atoms with Crippen molar-refractivity contribution in [1.29, 1.82) is 0 Å². The van der Waals surface area contributed by atoms with Gasteiger partial charge in [-0.3, -0.25) is 4.79 Å². The number of anilines is 1. The highest BCUT2D eigenvalue weighted by Crippen LogP contribution is 2.32. The lowest BCUT2D eigenvalue weighted by atomic mass is 10.0. The van der Waals surface area contributed by atoms with E-state index in [1.807, 2.05) is 31.2 Å². The van der Waals surface area contributed by atoms with Crippen LogP contribution < -0.4 is 4.90 Å². The van der Waals surface area contributed by atoms with E-state index in [0.717, 1.165) is 35.2 Å². The van der Waals surface area contributed by atoms with Crippen LogP contribution in [0.4, 0.5) is 18.9 Å². The molecule has 1 amide bonds. The van der Waals surface area contributed by atoms with Crippen molar-refractivity contribution in [3.8, 4) is 16.9 Å². The number of halogens is 3. The summed E-state index contributed by atoms with van der Waals surface area (Å²) in [6.45, 7) is 2.14. The zero-order chi connectivity index (χ0) is 22.4. The molecule has 162 valence electrons. The highest BCUT2D eigenvalue weighted by atomic mass is 19.4. The lowest BCUT2D eigenvalue weighted by Crippen LogP contribution is -2.30. The highest BCUT2D eigenvalue weighted by molar-refractivity contribution is 5.93. The van der Waals surface area contributed by atoms with Crippen LogP contribution in [0, 0.1) is 0 Å². The molecule has 3 aromatic rings. The molecule has 0 bridgehead atoms. The molecule has 3 rings (SSSR count). The van der Waals surface area contributed by atoms with Gasteiger partial charge in [0.1, 0.15) is 5.75 Å². The van der Waals surface area contributed by atoms with Gasteiger partial charge in [0, 0.05) is 12.1 Å². The molecule has 0 saturated heterocycles. The lowest BCUT2D eigenvalue weighted by Gasteiger charge is -2.24. The summed E-state index contributed by atoms with van der Waals surface area (Å²) in [5.41, 5.74) is 2.13. The van der Waals surface area contributed by atoms with Gasteiger partial charge in [-0.15, -0.1) is 0 Å². The lowest BCUT2D eigenvalue weighted by molar-refractivity contribution is -0.137. The standard InChI is InChI=1S/C25H24F3NO2/c1-2-3-7-24(31)29(22-6-4-5-21(16-22)25(26,27)28)17-18-8-10-19(11-9-18)20-12-14-23(30)15-13-20/h4-6,8-16,30H,2-3,7,17H2,1H3. The number of amides is 1. The molecular formula is C25H24F3NO2. The second-order valence-corrected chi connectivity index (χ2v) is 7.38. The van der Waals surface area contributed by atoms with Crippen LogP contribution in [0.25, 0.3) is 11.1 Å². The van der Waals surface area contributed by atoms with Gasteiger partial charge in [0.15, 0.2) is 0 Å². The van der Waals surface area contributed by atoms with Crippen molar-refractivity contribution in [2.75, 3.05) is 4.90 Å². The van der Waals surface area contributed by atoms with Gasteiger partial charge in [-0.1, -0.05) is 55.8 Å². The molecule has 31 heavy (non-hydrogen) atoms. The molecule has 6 heteroatoms. The van der Waals surface area contributed by atoms with Crippen LogP contribution >= 0.6 is 0 Å². The summed E-state index contributed by atoms with van der Waals surface area (Å²) in [7, 11) is 0. The number of aromatic hydroxyl groups is 1. The van der Waals surface area contributed by atoms with Crippen molar-refractivity contribution in [3.05, 3.63) is 83.9 Å². The number of unbranched alkanes of at least 4 members (excludes halogenated alkanes) is 1. The first-order valence-electron chi connectivity index (χ1n) is 10.1. The summed E-state index contributed by atoms with van der Waals surface area (Å²) < 4.78 is 39.5. The Bertz CT molecular complexity index is 1010. The molecule has 0 aliphatic carbocycles. The number of carbonyl (C=O) groups excluding carboxylic acids is 1. The number of rotatable bonds is 7. The van der Waals surface area contributed by atoms with Crippen LogP contribution in [0.1, 0.15) is 37.3 Å². The second-order valence-electron chi connectivity index (χ2n) is 7.38. The number of hydrogen-bond acceptors (Lipinski definition) is 2. The van der Waals surface area contributed by atoms with Gasteiger partial charge in [-0.2, -0.15) is 13.2 Å². The molecule has 0 unspecified atom stereocenters. The number of hydrogen-bond donors (Lipinski definition) is 1. The molecular weight excluding hydrogens is 403 g/mol. The largest absolute Gasteiger partial charge is 0.508 e. The van der Waals surface area contributed by atoms with E-state index in [-0.39, 0.29) is 30.3 Å². The second kappa shape index (κ2) is 9.69. The Hall–Kier alpha value is -3.28. The van der Waals surface area contributed by atoms with E-state index in [1.54, 1.807) is 24.3 Å². The third-order valence-electron chi connectivity index (χ3n) is 5.03. The van der Waals surface area contributed by atoms with Crippen LogP contribution in [-0.2, 0) is 17.5 Å². The summed E-state index contributed by atoms with van der Waals surface area (Å²) >= 11 is 0. The average molecular weight is 427 g/mol. The first-order chi connectivity index (χ1) is 14.8. The number of alkyl halides is 3. The fourth-order valence-electron chi connectivity index (χ4n) is 3.28. The van der Waals surface area contributed by atoms with E-state index in [2.05, 4.69) is 0 Å². The van der Waals surface area contributed by atoms with Crippen molar-refractivity contribution in [2.24, 2.45) is 0 Å². The van der Waals surface area contributed by atoms with E-state index in [4.69, 9.17) is 0 Å². The number of phenolic OH excluding ortho intramolecular Hbond substituents is 1. The van der Waals surface area contributed by atoms with Crippen LogP contribution in [-0.4, -0.2) is 11.0 Å². The monoisotopic (exact) mass is 427 g/mol. The van der Waals surface area contributed by atoms with Crippen LogP contribution in [0.5, 0.6) is 5.75 Å². The zero-order valence-electron chi connectivity index (χ0n) is 17.2. The molecule has 0 aromatic heterocycles. The zero-order valence-corrected chi connectivity index (χ0v) is 17.2. The first-order valence-corrected chi connectivity index (χ1v) is 10.1. The number of benzene rings is 3. The van der Waals surface area contributed by atoms with Crippen molar-refractivity contribution >= 4 is 11.6 Å². The summed E-state index contributed by atoms with van der Waals surface area (Å²) in [6, 6.07) is 19.2. The van der Waals surface area contributed by atoms with Gasteiger partial charge >= 0.3 is 6.18 Å². The molecule has 0 spiro atoms. The Balaban J connectivity index is 1.87. The van der Waals surface area contributed by atoms with Gasteiger partial charge in [-0.05, 0) is 53.4 Å². The summed E-state index contributed by atoms with van der Waals surface area (Å²) in [6.07, 6.45) is -2.70. The molecule has 0 fully saturated rings. The minimum atomic E-state index is -4.47. The van der Waals surface area contributed by atoms with Crippen molar-refractivity contribution < 1.29 is 23.1 Å². The van der Waals surface area contributed by atoms with Crippen LogP contribution in [0.3, 0.4) is 0 Å². The predicted molar refractivity (Wildman–Crippen MR) is 116 cm³/mol. The Labute approximate surface area is 179 Å². The van der Waals surface area contributed by atoms with E-state index >= 15 is 0 Å². The quantitative estimate of drug-likeness (QED) is 0.450. The van der Waals surface area contributed by atoms with E-state index in [9.17, 15) is 23.1 Å². The smallest absolute Gasteiger partial charge is 0.416 e. The average Bonchev–Trinajstić information content (AvgIpc) is 2.76. The maximum absolute atomic E-state index is 13.2. The maximum atomic E-state index is 13.2. The fraction of sp³-hybridized carbons (Fsp3) is 0.240. The number of carbonyl (C=O) groups is 1. The SMILES string of the molecule is CCCCC(=O)N(Cc1ccc(-c2ccc(O)cc2)cc1)c1cccc(C(F)(F)F)c1. The molecule has 0 atom stereocenters. The normalized spacial score (nSPS) is 11.4. The maximum Gasteiger partial charge on any atom is 0.416 e. The number of nitrogens with zero attached hydrogens (tertiary/aromatic N) is 1. The molecule has 0 saturated carbocycles. The van der Waals surface area contributed by atoms with Gasteiger partial charge in [0.2, 0.25) is 5.91 Å². The highest BCUT2D eigenvalue weighted by Gasteiger charge is 2.31. The third kappa shape index (κ3) is 5.87. The van der Waals surface area contributed by atoms with Crippen molar-refractivity contribution in [1.82, 2.24) is 0 Å². The molecule has 3 nitrogen and oxygen atoms in total. The van der Waals surface area contributed by atoms with Crippen LogP contribution in [0.15, 0.2) is 72.8 Å². The Kier molecular flexibility index (Phi) is 7.00. The topological polar surface area (TPSA) is 40.5 Å². The number of phenols is 1. The van der Waals surface area contributed by atoms with E-state index < -0.39 is 11.7 Å². The van der Waals surface area contributed by atoms with Crippen LogP contribution in [0.2, 0.25) is 0 Å². The van der Waals surface area contributed by atoms with E-state index in [0.29, 0.717) is 6.42 Å². The fourth-order valence-corrected chi connectivity index (χ4v) is 3.28. The Morgan fingerprint density at radius 2 is 1.55 bits per heavy atom. The molecule has 0 heterocycles. The Morgan fingerprint density at radius 3 is 2.13 bits per heavy atom. The van der Waals surface area contributed by atoms with Gasteiger partial charge < -0.3 is 10.0 Å². The summed E-state index contributed by atoms with van der Waals surface area (Å²) in [5, 5.41) is 9.43.